The molecule has 3 nitrogen and oxygen atoms in total. The Hall–Kier alpha value is -0.540. The Morgan fingerprint density at radius 3 is 2.68 bits per heavy atom. The molecule has 0 spiro atoms. The van der Waals surface area contributed by atoms with Gasteiger partial charge in [0, 0.05) is 19.7 Å². The Morgan fingerprint density at radius 1 is 1.21 bits per heavy atom. The van der Waals surface area contributed by atoms with Gasteiger partial charge in [-0.05, 0) is 31.4 Å². The zero-order chi connectivity index (χ0) is 13.9. The molecule has 1 unspecified atom stereocenters. The Kier molecular flexibility index (Phi) is 8.93. The molecule has 0 aromatic carbocycles. The molecule has 0 bridgehead atoms. The minimum Gasteiger partial charge on any atom is -0.379 e. The fourth-order valence-corrected chi connectivity index (χ4v) is 2.30. The average Bonchev–Trinajstić information content (AvgIpc) is 2.85. The van der Waals surface area contributed by atoms with Gasteiger partial charge in [0.2, 0.25) is 0 Å². The summed E-state index contributed by atoms with van der Waals surface area (Å²) in [6, 6.07) is 0. The first-order valence-corrected chi connectivity index (χ1v) is 7.82. The van der Waals surface area contributed by atoms with Gasteiger partial charge >= 0.3 is 0 Å². The molecule has 0 saturated carbocycles. The second kappa shape index (κ2) is 10.3. The van der Waals surface area contributed by atoms with Gasteiger partial charge in [0.25, 0.3) is 0 Å². The van der Waals surface area contributed by atoms with Crippen LogP contribution >= 0.6 is 0 Å². The monoisotopic (exact) mass is 269 g/mol. The minimum absolute atomic E-state index is 0.331. The summed E-state index contributed by atoms with van der Waals surface area (Å²) in [4.78, 5) is 2.37. The lowest BCUT2D eigenvalue weighted by Gasteiger charge is -2.25. The quantitative estimate of drug-likeness (QED) is 0.536. The Labute approximate surface area is 119 Å². The first kappa shape index (κ1) is 16.5. The standard InChI is InChI=1S/C16H31NO2/c1-4-5-10-18-11-12-19-16(13-15(2)3)14-17-8-6-7-9-17/h6,8,15-16H,4-5,7,9-14H2,1-3H3. The summed E-state index contributed by atoms with van der Waals surface area (Å²) >= 11 is 0. The number of hydrogen-bond acceptors (Lipinski definition) is 3. The van der Waals surface area contributed by atoms with E-state index in [1.54, 1.807) is 0 Å². The van der Waals surface area contributed by atoms with Crippen molar-refractivity contribution in [3.8, 4) is 0 Å². The molecule has 3 heteroatoms. The van der Waals surface area contributed by atoms with Gasteiger partial charge in [0.05, 0.1) is 19.3 Å². The van der Waals surface area contributed by atoms with Crippen LogP contribution in [0.5, 0.6) is 0 Å². The van der Waals surface area contributed by atoms with Crippen molar-refractivity contribution in [2.75, 3.05) is 32.9 Å². The summed E-state index contributed by atoms with van der Waals surface area (Å²) in [5.41, 5.74) is 0. The lowest BCUT2D eigenvalue weighted by molar-refractivity contribution is -0.0129. The van der Waals surface area contributed by atoms with Crippen LogP contribution in [0.3, 0.4) is 0 Å². The first-order valence-electron chi connectivity index (χ1n) is 7.82. The van der Waals surface area contributed by atoms with Crippen molar-refractivity contribution in [3.05, 3.63) is 12.3 Å². The largest absolute Gasteiger partial charge is 0.379 e. The summed E-state index contributed by atoms with van der Waals surface area (Å²) in [5.74, 6) is 0.678. The van der Waals surface area contributed by atoms with E-state index in [0.29, 0.717) is 12.0 Å². The topological polar surface area (TPSA) is 21.7 Å². The lowest BCUT2D eigenvalue weighted by atomic mass is 10.1. The number of ether oxygens (including phenoxy) is 2. The number of hydrogen-bond donors (Lipinski definition) is 0. The molecule has 0 radical (unpaired) electrons. The van der Waals surface area contributed by atoms with Gasteiger partial charge in [-0.15, -0.1) is 0 Å². The third-order valence-corrected chi connectivity index (χ3v) is 3.30. The smallest absolute Gasteiger partial charge is 0.0753 e. The maximum atomic E-state index is 5.99. The second-order valence-electron chi connectivity index (χ2n) is 5.76. The maximum Gasteiger partial charge on any atom is 0.0753 e. The summed E-state index contributed by atoms with van der Waals surface area (Å²) in [6.07, 6.45) is 9.41. The Balaban J connectivity index is 2.15. The molecule has 0 aromatic rings. The van der Waals surface area contributed by atoms with Crippen molar-refractivity contribution < 1.29 is 9.47 Å². The van der Waals surface area contributed by atoms with Crippen LogP contribution in [0.15, 0.2) is 12.3 Å². The molecule has 0 N–H and O–H groups in total. The molecule has 1 aliphatic heterocycles. The highest BCUT2D eigenvalue weighted by Crippen LogP contribution is 2.13. The van der Waals surface area contributed by atoms with Gasteiger partial charge in [0.15, 0.2) is 0 Å². The van der Waals surface area contributed by atoms with Gasteiger partial charge < -0.3 is 14.4 Å². The van der Waals surface area contributed by atoms with Crippen LogP contribution in [0, 0.1) is 5.92 Å². The Morgan fingerprint density at radius 2 is 2.05 bits per heavy atom. The molecular formula is C16H31NO2. The van der Waals surface area contributed by atoms with Crippen LogP contribution in [0.25, 0.3) is 0 Å². The molecular weight excluding hydrogens is 238 g/mol. The van der Waals surface area contributed by atoms with Gasteiger partial charge in [-0.1, -0.05) is 33.3 Å². The summed E-state index contributed by atoms with van der Waals surface area (Å²) in [7, 11) is 0. The zero-order valence-electron chi connectivity index (χ0n) is 12.9. The molecule has 112 valence electrons. The molecule has 1 atom stereocenters. The minimum atomic E-state index is 0.331. The van der Waals surface area contributed by atoms with Crippen molar-refractivity contribution >= 4 is 0 Å². The van der Waals surface area contributed by atoms with Gasteiger partial charge in [-0.25, -0.2) is 0 Å². The number of nitrogens with zero attached hydrogens (tertiary/aromatic N) is 1. The summed E-state index contributed by atoms with van der Waals surface area (Å²) < 4.78 is 11.5. The van der Waals surface area contributed by atoms with E-state index in [1.807, 2.05) is 0 Å². The SMILES string of the molecule is CCCCOCCOC(CC(C)C)CN1C=CCC1. The van der Waals surface area contributed by atoms with E-state index in [9.17, 15) is 0 Å². The normalized spacial score (nSPS) is 16.5. The second-order valence-corrected chi connectivity index (χ2v) is 5.76. The zero-order valence-corrected chi connectivity index (χ0v) is 12.9. The van der Waals surface area contributed by atoms with Crippen LogP contribution in [-0.2, 0) is 9.47 Å². The van der Waals surface area contributed by atoms with Crippen LogP contribution in [-0.4, -0.2) is 43.9 Å². The van der Waals surface area contributed by atoms with E-state index in [1.165, 1.54) is 12.8 Å². The molecule has 0 aromatic heterocycles. The van der Waals surface area contributed by atoms with E-state index in [2.05, 4.69) is 37.9 Å². The molecule has 1 rings (SSSR count). The molecule has 1 aliphatic rings. The molecule has 0 saturated heterocycles. The predicted molar refractivity (Wildman–Crippen MR) is 80.3 cm³/mol. The molecule has 0 fully saturated rings. The Bertz CT molecular complexity index is 241. The molecule has 0 aliphatic carbocycles. The van der Waals surface area contributed by atoms with Gasteiger partial charge in [-0.2, -0.15) is 0 Å². The van der Waals surface area contributed by atoms with E-state index in [-0.39, 0.29) is 0 Å². The van der Waals surface area contributed by atoms with Crippen LogP contribution < -0.4 is 0 Å². The molecule has 19 heavy (non-hydrogen) atoms. The lowest BCUT2D eigenvalue weighted by Crippen LogP contribution is -2.31. The van der Waals surface area contributed by atoms with Gasteiger partial charge in [-0.3, -0.25) is 0 Å². The van der Waals surface area contributed by atoms with Crippen molar-refractivity contribution in [1.82, 2.24) is 4.90 Å². The van der Waals surface area contributed by atoms with Crippen molar-refractivity contribution in [2.45, 2.75) is 52.6 Å². The van der Waals surface area contributed by atoms with Crippen molar-refractivity contribution in [1.29, 1.82) is 0 Å². The fraction of sp³-hybridized carbons (Fsp3) is 0.875. The van der Waals surface area contributed by atoms with Crippen LogP contribution in [0.2, 0.25) is 0 Å². The van der Waals surface area contributed by atoms with E-state index in [4.69, 9.17) is 9.47 Å². The van der Waals surface area contributed by atoms with Crippen molar-refractivity contribution in [3.63, 3.8) is 0 Å². The number of rotatable bonds is 11. The molecule has 1 heterocycles. The fourth-order valence-electron chi connectivity index (χ4n) is 2.30. The van der Waals surface area contributed by atoms with Crippen molar-refractivity contribution in [2.24, 2.45) is 5.92 Å². The molecule has 0 amide bonds. The highest BCUT2D eigenvalue weighted by atomic mass is 16.5. The third kappa shape index (κ3) is 8.27. The number of unbranched alkanes of at least 4 members (excludes halogenated alkanes) is 1. The average molecular weight is 269 g/mol. The van der Waals surface area contributed by atoms with E-state index in [0.717, 1.165) is 45.8 Å². The highest BCUT2D eigenvalue weighted by Gasteiger charge is 2.15. The summed E-state index contributed by atoms with van der Waals surface area (Å²) in [6.45, 7) is 11.2. The first-order chi connectivity index (χ1) is 9.22. The van der Waals surface area contributed by atoms with Gasteiger partial charge in [0.1, 0.15) is 0 Å². The highest BCUT2D eigenvalue weighted by molar-refractivity contribution is 4.91. The van der Waals surface area contributed by atoms with Crippen LogP contribution in [0.1, 0.15) is 46.5 Å². The maximum absolute atomic E-state index is 5.99. The third-order valence-electron chi connectivity index (χ3n) is 3.30. The van der Waals surface area contributed by atoms with E-state index >= 15 is 0 Å². The van der Waals surface area contributed by atoms with Crippen LogP contribution in [0.4, 0.5) is 0 Å². The van der Waals surface area contributed by atoms with E-state index < -0.39 is 0 Å². The predicted octanol–water partition coefficient (Wildman–Crippen LogP) is 3.45. The summed E-state index contributed by atoms with van der Waals surface area (Å²) in [5, 5.41) is 0.